The summed E-state index contributed by atoms with van der Waals surface area (Å²) in [6.07, 6.45) is 11.0. The van der Waals surface area contributed by atoms with Crippen LogP contribution in [0.2, 0.25) is 0 Å². The molecule has 4 fully saturated rings. The molecule has 0 aromatic carbocycles. The van der Waals surface area contributed by atoms with Crippen LogP contribution in [0.25, 0.3) is 0 Å². The number of halogens is 1. The van der Waals surface area contributed by atoms with Gasteiger partial charge in [-0.3, -0.25) is 14.7 Å². The molecule has 2 saturated heterocycles. The smallest absolute Gasteiger partial charge is 0.338 e. The molecule has 0 unspecified atom stereocenters. The lowest BCUT2D eigenvalue weighted by Gasteiger charge is -2.51. The number of amides is 3. The van der Waals surface area contributed by atoms with Gasteiger partial charge in [0.25, 0.3) is 0 Å². The number of urea groups is 1. The maximum Gasteiger partial charge on any atom is 0.349 e. The zero-order valence-corrected chi connectivity index (χ0v) is 24.8. The van der Waals surface area contributed by atoms with Crippen LogP contribution in [0.1, 0.15) is 71.3 Å². The van der Waals surface area contributed by atoms with Crippen molar-refractivity contribution < 1.29 is 9.59 Å². The summed E-state index contributed by atoms with van der Waals surface area (Å²) in [6, 6.07) is 1.98. The Morgan fingerprint density at radius 3 is 2.17 bits per heavy atom. The largest absolute Gasteiger partial charge is 0.349 e. The van der Waals surface area contributed by atoms with Crippen LogP contribution < -0.4 is 22.5 Å². The molecule has 4 aliphatic rings. The molecule has 1 aromatic heterocycles. The van der Waals surface area contributed by atoms with Crippen molar-refractivity contribution in [2.75, 3.05) is 51.1 Å². The van der Waals surface area contributed by atoms with E-state index in [9.17, 15) is 14.4 Å². The Balaban J connectivity index is 0.00000370. The highest BCUT2D eigenvalue weighted by atomic mass is 35.5. The number of likely N-dealkylation sites (tertiary alicyclic amines) is 1. The van der Waals surface area contributed by atoms with E-state index >= 15 is 0 Å². The quantitative estimate of drug-likeness (QED) is 0.485. The maximum atomic E-state index is 12.8. The lowest BCUT2D eigenvalue weighted by atomic mass is 9.60. The minimum atomic E-state index is -0.931. The minimum absolute atomic E-state index is 0. The number of piperidine rings is 1. The Bertz CT molecular complexity index is 1090. The summed E-state index contributed by atoms with van der Waals surface area (Å²) in [5.41, 5.74) is 11.3. The van der Waals surface area contributed by atoms with E-state index in [0.29, 0.717) is 43.6 Å². The lowest BCUT2D eigenvalue weighted by Crippen LogP contribution is -2.58. The van der Waals surface area contributed by atoms with E-state index in [1.807, 2.05) is 0 Å². The zero-order chi connectivity index (χ0) is 27.8. The predicted octanol–water partition coefficient (Wildman–Crippen LogP) is 2.01. The van der Waals surface area contributed by atoms with E-state index < -0.39 is 5.54 Å². The normalized spacial score (nSPS) is 25.7. The molecule has 2 aliphatic carbocycles. The first kappa shape index (κ1) is 30.7. The van der Waals surface area contributed by atoms with Crippen LogP contribution in [0.5, 0.6) is 0 Å². The highest BCUT2D eigenvalue weighted by Crippen LogP contribution is 2.48. The van der Waals surface area contributed by atoms with Gasteiger partial charge in [0.1, 0.15) is 5.82 Å². The highest BCUT2D eigenvalue weighted by molar-refractivity contribution is 5.89. The van der Waals surface area contributed by atoms with Crippen LogP contribution in [0, 0.1) is 11.3 Å². The number of hydrogen-bond donors (Lipinski definition) is 3. The molecule has 3 heterocycles. The first-order valence-corrected chi connectivity index (χ1v) is 14.7. The van der Waals surface area contributed by atoms with Crippen molar-refractivity contribution in [1.29, 1.82) is 0 Å². The van der Waals surface area contributed by atoms with E-state index in [2.05, 4.69) is 15.2 Å². The van der Waals surface area contributed by atoms with Gasteiger partial charge >= 0.3 is 11.7 Å². The summed E-state index contributed by atoms with van der Waals surface area (Å²) < 4.78 is 1.73. The van der Waals surface area contributed by atoms with Crippen molar-refractivity contribution in [2.24, 2.45) is 22.8 Å². The van der Waals surface area contributed by atoms with Gasteiger partial charge in [-0.15, -0.1) is 12.4 Å². The number of aromatic nitrogens is 2. The van der Waals surface area contributed by atoms with Crippen LogP contribution in [-0.2, 0) is 4.79 Å². The van der Waals surface area contributed by atoms with E-state index in [1.165, 1.54) is 45.3 Å². The molecule has 224 valence electrons. The van der Waals surface area contributed by atoms with Gasteiger partial charge in [-0.25, -0.2) is 9.59 Å². The second kappa shape index (κ2) is 12.3. The van der Waals surface area contributed by atoms with Crippen molar-refractivity contribution in [3.8, 4) is 0 Å². The first-order valence-electron chi connectivity index (χ1n) is 14.7. The average Bonchev–Trinajstić information content (AvgIpc) is 2.89. The van der Waals surface area contributed by atoms with Crippen molar-refractivity contribution in [3.63, 3.8) is 0 Å². The van der Waals surface area contributed by atoms with Crippen molar-refractivity contribution in [1.82, 2.24) is 24.3 Å². The molecule has 12 heteroatoms. The van der Waals surface area contributed by atoms with Crippen molar-refractivity contribution in [2.45, 2.75) is 82.8 Å². The molecule has 40 heavy (non-hydrogen) atoms. The molecule has 2 aliphatic heterocycles. The van der Waals surface area contributed by atoms with Gasteiger partial charge in [0.15, 0.2) is 0 Å². The Morgan fingerprint density at radius 2 is 1.62 bits per heavy atom. The molecular weight excluding hydrogens is 532 g/mol. The molecule has 5 N–H and O–H groups in total. The Morgan fingerprint density at radius 1 is 1.02 bits per heavy atom. The summed E-state index contributed by atoms with van der Waals surface area (Å²) in [6.45, 7) is 8.59. The van der Waals surface area contributed by atoms with Crippen LogP contribution in [-0.4, -0.2) is 93.6 Å². The van der Waals surface area contributed by atoms with Crippen molar-refractivity contribution >= 4 is 30.2 Å². The molecule has 0 bridgehead atoms. The van der Waals surface area contributed by atoms with Gasteiger partial charge < -0.3 is 26.2 Å². The van der Waals surface area contributed by atoms with E-state index in [4.69, 9.17) is 11.5 Å². The SMILES string of the molecule is CC(C)(N)C(=O)N1CCN(C(=O)Nc2ccn(C3CCC(CN4CCC5(CC4)CC(N)C5)CC3)c(=O)n2)CC1.Cl. The minimum Gasteiger partial charge on any atom is -0.338 e. The van der Waals surface area contributed by atoms with Gasteiger partial charge in [0.05, 0.1) is 5.54 Å². The molecule has 1 spiro atoms. The van der Waals surface area contributed by atoms with Gasteiger partial charge in [-0.2, -0.15) is 4.98 Å². The number of carbonyl (C=O) groups excluding carboxylic acids is 2. The summed E-state index contributed by atoms with van der Waals surface area (Å²) in [4.78, 5) is 48.1. The van der Waals surface area contributed by atoms with Crippen molar-refractivity contribution in [3.05, 3.63) is 22.7 Å². The number of rotatable bonds is 5. The van der Waals surface area contributed by atoms with Crippen LogP contribution in [0.4, 0.5) is 10.6 Å². The number of anilines is 1. The Hall–Kier alpha value is -2.21. The average molecular weight is 579 g/mol. The second-order valence-corrected chi connectivity index (χ2v) is 13.1. The fourth-order valence-corrected chi connectivity index (χ4v) is 7.11. The number of nitrogens with two attached hydrogens (primary N) is 2. The van der Waals surface area contributed by atoms with E-state index in [1.54, 1.807) is 40.5 Å². The number of piperazine rings is 1. The topological polar surface area (TPSA) is 143 Å². The van der Waals surface area contributed by atoms with Gasteiger partial charge in [-0.05, 0) is 95.7 Å². The summed E-state index contributed by atoms with van der Waals surface area (Å²) in [5.74, 6) is 0.820. The monoisotopic (exact) mass is 578 g/mol. The fourth-order valence-electron chi connectivity index (χ4n) is 7.11. The molecule has 1 aromatic rings. The zero-order valence-electron chi connectivity index (χ0n) is 24.0. The van der Waals surface area contributed by atoms with E-state index in [-0.39, 0.29) is 41.9 Å². The Kier molecular flexibility index (Phi) is 9.49. The number of hydrogen-bond acceptors (Lipinski definition) is 7. The molecule has 5 rings (SSSR count). The van der Waals surface area contributed by atoms with Crippen LogP contribution >= 0.6 is 12.4 Å². The van der Waals surface area contributed by atoms with Gasteiger partial charge in [-0.1, -0.05) is 0 Å². The number of nitrogens with one attached hydrogen (secondary N) is 1. The molecule has 0 atom stereocenters. The third kappa shape index (κ3) is 6.98. The Labute approximate surface area is 243 Å². The summed E-state index contributed by atoms with van der Waals surface area (Å²) in [5, 5.41) is 2.75. The molecule has 0 radical (unpaired) electrons. The van der Waals surface area contributed by atoms with E-state index in [0.717, 1.165) is 25.7 Å². The predicted molar refractivity (Wildman–Crippen MR) is 157 cm³/mol. The third-order valence-corrected chi connectivity index (χ3v) is 9.50. The second-order valence-electron chi connectivity index (χ2n) is 13.1. The summed E-state index contributed by atoms with van der Waals surface area (Å²) in [7, 11) is 0. The lowest BCUT2D eigenvalue weighted by molar-refractivity contribution is -0.137. The maximum absolute atomic E-state index is 12.8. The van der Waals surface area contributed by atoms with Gasteiger partial charge in [0, 0.05) is 51.0 Å². The number of nitrogens with zero attached hydrogens (tertiary/aromatic N) is 5. The first-order chi connectivity index (χ1) is 18.5. The van der Waals surface area contributed by atoms with Gasteiger partial charge in [0.2, 0.25) is 5.91 Å². The number of carbonyl (C=O) groups is 2. The summed E-state index contributed by atoms with van der Waals surface area (Å²) >= 11 is 0. The molecule has 3 amide bonds. The fraction of sp³-hybridized carbons (Fsp3) is 0.786. The standard InChI is InChI=1S/C28H46N8O3.ClH/c1-27(2,30)24(37)34-13-15-35(16-14-34)25(38)31-23-7-10-36(26(39)32-23)22-5-3-20(4-6-22)19-33-11-8-28(9-12-33)17-21(29)18-28;/h7,10,20-22H,3-6,8-9,11-19,29-30H2,1-2H3,(H,31,32,38,39);1H. The molecular formula is C28H47ClN8O3. The molecule has 2 saturated carbocycles. The highest BCUT2D eigenvalue weighted by Gasteiger charge is 2.44. The molecule has 11 nitrogen and oxygen atoms in total. The van der Waals surface area contributed by atoms with Crippen LogP contribution in [0.3, 0.4) is 0 Å². The third-order valence-electron chi connectivity index (χ3n) is 9.50. The van der Waals surface area contributed by atoms with Crippen LogP contribution in [0.15, 0.2) is 17.1 Å².